The number of aliphatic imine (C=N–C) groups is 1. The average Bonchev–Trinajstić information content (AvgIpc) is 3.33. The Balaban J connectivity index is 0.00000280. The van der Waals surface area contributed by atoms with Crippen molar-refractivity contribution < 1.29 is 14.6 Å². The van der Waals surface area contributed by atoms with Crippen LogP contribution in [0, 0.1) is 5.41 Å². The number of aliphatic hydroxyl groups excluding tert-OH is 1. The minimum absolute atomic E-state index is 0. The van der Waals surface area contributed by atoms with Gasteiger partial charge in [0.05, 0.1) is 32.0 Å². The molecule has 0 aliphatic carbocycles. The average molecular weight is 503 g/mol. The summed E-state index contributed by atoms with van der Waals surface area (Å²) < 4.78 is 11.4. The van der Waals surface area contributed by atoms with Crippen LogP contribution in [0.25, 0.3) is 0 Å². The highest BCUT2D eigenvalue weighted by Crippen LogP contribution is 2.38. The smallest absolute Gasteiger partial charge is 0.194 e. The van der Waals surface area contributed by atoms with Gasteiger partial charge in [-0.05, 0) is 32.3 Å². The van der Waals surface area contributed by atoms with Crippen LogP contribution in [0.5, 0.6) is 0 Å². The minimum Gasteiger partial charge on any atom is -0.389 e. The summed E-state index contributed by atoms with van der Waals surface area (Å²) >= 11 is 0. The summed E-state index contributed by atoms with van der Waals surface area (Å²) in [5.41, 5.74) is 1.41. The molecular formula is C21H34IN3O3. The van der Waals surface area contributed by atoms with Gasteiger partial charge in [-0.15, -0.1) is 24.0 Å². The highest BCUT2D eigenvalue weighted by Gasteiger charge is 2.42. The van der Waals surface area contributed by atoms with Crippen molar-refractivity contribution in [3.05, 3.63) is 35.9 Å². The van der Waals surface area contributed by atoms with E-state index in [0.29, 0.717) is 12.0 Å². The fraction of sp³-hybridized carbons (Fsp3) is 0.667. The molecule has 6 nitrogen and oxygen atoms in total. The van der Waals surface area contributed by atoms with Gasteiger partial charge in [0.1, 0.15) is 0 Å². The third-order valence-electron chi connectivity index (χ3n) is 5.52. The van der Waals surface area contributed by atoms with Crippen LogP contribution in [0.3, 0.4) is 0 Å². The summed E-state index contributed by atoms with van der Waals surface area (Å²) in [7, 11) is 0. The molecule has 0 saturated carbocycles. The SMILES string of the molecule is CCNC(=NCC(O)COC(C)c1ccccc1)N1CCC2(CCOC2)C1.I. The van der Waals surface area contributed by atoms with Gasteiger partial charge in [0, 0.05) is 31.7 Å². The molecule has 2 aliphatic rings. The Morgan fingerprint density at radius 2 is 2.14 bits per heavy atom. The lowest BCUT2D eigenvalue weighted by atomic mass is 9.87. The lowest BCUT2D eigenvalue weighted by molar-refractivity contribution is 0.00105. The van der Waals surface area contributed by atoms with Crippen LogP contribution in [0.1, 0.15) is 38.4 Å². The van der Waals surface area contributed by atoms with E-state index in [1.165, 1.54) is 0 Å². The van der Waals surface area contributed by atoms with Crippen molar-refractivity contribution in [2.24, 2.45) is 10.4 Å². The van der Waals surface area contributed by atoms with Gasteiger partial charge >= 0.3 is 0 Å². The zero-order chi connectivity index (χ0) is 19.1. The topological polar surface area (TPSA) is 66.3 Å². The van der Waals surface area contributed by atoms with Crippen LogP contribution in [0.4, 0.5) is 0 Å². The number of hydrogen-bond donors (Lipinski definition) is 2. The van der Waals surface area contributed by atoms with Gasteiger partial charge in [-0.1, -0.05) is 30.3 Å². The molecule has 0 radical (unpaired) electrons. The van der Waals surface area contributed by atoms with E-state index in [4.69, 9.17) is 9.47 Å². The third kappa shape index (κ3) is 6.30. The van der Waals surface area contributed by atoms with Crippen molar-refractivity contribution in [2.45, 2.75) is 38.9 Å². The van der Waals surface area contributed by atoms with Gasteiger partial charge < -0.3 is 24.8 Å². The largest absolute Gasteiger partial charge is 0.389 e. The normalized spacial score (nSPS) is 24.2. The van der Waals surface area contributed by atoms with E-state index in [1.54, 1.807) is 0 Å². The van der Waals surface area contributed by atoms with Gasteiger partial charge in [0.25, 0.3) is 0 Å². The van der Waals surface area contributed by atoms with Crippen LogP contribution < -0.4 is 5.32 Å². The number of likely N-dealkylation sites (tertiary alicyclic amines) is 1. The number of halogens is 1. The maximum absolute atomic E-state index is 10.3. The highest BCUT2D eigenvalue weighted by atomic mass is 127. The molecule has 158 valence electrons. The molecular weight excluding hydrogens is 469 g/mol. The van der Waals surface area contributed by atoms with Crippen LogP contribution >= 0.6 is 24.0 Å². The van der Waals surface area contributed by atoms with Crippen LogP contribution in [0.2, 0.25) is 0 Å². The fourth-order valence-electron chi connectivity index (χ4n) is 3.83. The van der Waals surface area contributed by atoms with Crippen molar-refractivity contribution in [2.75, 3.05) is 46.0 Å². The number of nitrogens with one attached hydrogen (secondary N) is 1. The van der Waals surface area contributed by atoms with E-state index < -0.39 is 6.10 Å². The Bertz CT molecular complexity index is 608. The lowest BCUT2D eigenvalue weighted by Crippen LogP contribution is -2.42. The molecule has 2 fully saturated rings. The maximum Gasteiger partial charge on any atom is 0.194 e. The van der Waals surface area contributed by atoms with Gasteiger partial charge in [0.2, 0.25) is 0 Å². The van der Waals surface area contributed by atoms with E-state index in [-0.39, 0.29) is 36.7 Å². The van der Waals surface area contributed by atoms with Gasteiger partial charge in [-0.2, -0.15) is 0 Å². The number of nitrogens with zero attached hydrogens (tertiary/aromatic N) is 2. The second kappa shape index (κ2) is 11.3. The third-order valence-corrected chi connectivity index (χ3v) is 5.52. The van der Waals surface area contributed by atoms with Gasteiger partial charge in [-0.25, -0.2) is 0 Å². The van der Waals surface area contributed by atoms with Crippen molar-refractivity contribution in [3.63, 3.8) is 0 Å². The van der Waals surface area contributed by atoms with E-state index in [0.717, 1.165) is 57.2 Å². The molecule has 1 aromatic rings. The molecule has 0 bridgehead atoms. The Morgan fingerprint density at radius 1 is 1.36 bits per heavy atom. The molecule has 3 atom stereocenters. The van der Waals surface area contributed by atoms with Gasteiger partial charge in [0.15, 0.2) is 5.96 Å². The molecule has 2 aliphatic heterocycles. The Kier molecular flexibility index (Phi) is 9.46. The first kappa shape index (κ1) is 23.4. The molecule has 28 heavy (non-hydrogen) atoms. The zero-order valence-electron chi connectivity index (χ0n) is 17.0. The molecule has 7 heteroatoms. The first-order valence-corrected chi connectivity index (χ1v) is 10.1. The fourth-order valence-corrected chi connectivity index (χ4v) is 3.83. The predicted octanol–water partition coefficient (Wildman–Crippen LogP) is 2.82. The van der Waals surface area contributed by atoms with Crippen LogP contribution in [-0.4, -0.2) is 68.1 Å². The van der Waals surface area contributed by atoms with E-state index in [1.807, 2.05) is 37.3 Å². The molecule has 2 N–H and O–H groups in total. The van der Waals surface area contributed by atoms with E-state index in [9.17, 15) is 5.11 Å². The van der Waals surface area contributed by atoms with Crippen LogP contribution in [-0.2, 0) is 9.47 Å². The molecule has 1 aromatic carbocycles. The van der Waals surface area contributed by atoms with Crippen molar-refractivity contribution in [1.29, 1.82) is 0 Å². The van der Waals surface area contributed by atoms with Crippen molar-refractivity contribution in [3.8, 4) is 0 Å². The number of ether oxygens (including phenoxy) is 2. The summed E-state index contributed by atoms with van der Waals surface area (Å²) in [6.07, 6.45) is 1.63. The molecule has 2 heterocycles. The molecule has 3 unspecified atom stereocenters. The highest BCUT2D eigenvalue weighted by molar-refractivity contribution is 14.0. The Hall–Kier alpha value is -0.900. The maximum atomic E-state index is 10.3. The van der Waals surface area contributed by atoms with E-state index in [2.05, 4.69) is 22.1 Å². The standard InChI is InChI=1S/C21H33N3O3.HI/c1-3-22-20(24-11-9-21(15-24)10-12-26-16-21)23-13-19(25)14-27-17(2)18-7-5-4-6-8-18;/h4-8,17,19,25H,3,9-16H2,1-2H3,(H,22,23);1H. The number of rotatable bonds is 7. The van der Waals surface area contributed by atoms with Crippen LogP contribution in [0.15, 0.2) is 35.3 Å². The summed E-state index contributed by atoms with van der Waals surface area (Å²) in [5, 5.41) is 13.7. The minimum atomic E-state index is -0.615. The number of hydrogen-bond acceptors (Lipinski definition) is 4. The Labute approximate surface area is 185 Å². The Morgan fingerprint density at radius 3 is 2.82 bits per heavy atom. The molecule has 0 aromatic heterocycles. The summed E-state index contributed by atoms with van der Waals surface area (Å²) in [5.74, 6) is 0.886. The van der Waals surface area contributed by atoms with Gasteiger partial charge in [-0.3, -0.25) is 4.99 Å². The second-order valence-corrected chi connectivity index (χ2v) is 7.71. The first-order chi connectivity index (χ1) is 13.1. The van der Waals surface area contributed by atoms with Crippen molar-refractivity contribution in [1.82, 2.24) is 10.2 Å². The molecule has 3 rings (SSSR count). The molecule has 1 spiro atoms. The van der Waals surface area contributed by atoms with E-state index >= 15 is 0 Å². The number of aliphatic hydroxyl groups is 1. The molecule has 2 saturated heterocycles. The summed E-state index contributed by atoms with van der Waals surface area (Å²) in [6.45, 7) is 9.21. The predicted molar refractivity (Wildman–Crippen MR) is 122 cm³/mol. The number of guanidine groups is 1. The quantitative estimate of drug-likeness (QED) is 0.341. The first-order valence-electron chi connectivity index (χ1n) is 10.1. The molecule has 0 amide bonds. The van der Waals surface area contributed by atoms with Crippen molar-refractivity contribution >= 4 is 29.9 Å². The summed E-state index contributed by atoms with van der Waals surface area (Å²) in [4.78, 5) is 6.97. The summed E-state index contributed by atoms with van der Waals surface area (Å²) in [6, 6.07) is 10.1. The second-order valence-electron chi connectivity index (χ2n) is 7.71. The monoisotopic (exact) mass is 503 g/mol. The zero-order valence-corrected chi connectivity index (χ0v) is 19.3. The lowest BCUT2D eigenvalue weighted by Gasteiger charge is -2.25. The number of benzene rings is 1.